The number of fused-ring (bicyclic) bond motifs is 1. The molecule has 0 aliphatic heterocycles. The first-order valence-electron chi connectivity index (χ1n) is 6.61. The molecule has 0 unspecified atom stereocenters. The normalized spacial score (nSPS) is 8.95. The van der Waals surface area contributed by atoms with Crippen LogP contribution in [0.2, 0.25) is 0 Å². The van der Waals surface area contributed by atoms with E-state index in [1.165, 1.54) is 12.1 Å². The minimum absolute atomic E-state index is 0.285. The highest BCUT2D eigenvalue weighted by Gasteiger charge is 2.08. The molecule has 104 valence electrons. The van der Waals surface area contributed by atoms with Crippen LogP contribution >= 0.6 is 0 Å². The summed E-state index contributed by atoms with van der Waals surface area (Å²) in [7, 11) is 0. The third kappa shape index (κ3) is 3.78. The van der Waals surface area contributed by atoms with E-state index < -0.39 is 0 Å². The maximum absolute atomic E-state index is 13.5. The minimum Gasteiger partial charge on any atom is -0.384 e. The largest absolute Gasteiger partial charge is 0.384 e. The molecule has 0 saturated carbocycles. The van der Waals surface area contributed by atoms with Gasteiger partial charge in [-0.25, -0.2) is 9.37 Å². The van der Waals surface area contributed by atoms with Gasteiger partial charge in [0, 0.05) is 10.9 Å². The summed E-state index contributed by atoms with van der Waals surface area (Å²) in [5, 5.41) is 0.777. The molecule has 0 spiro atoms. The second kappa shape index (κ2) is 8.25. The Labute approximate surface area is 115 Å². The first kappa shape index (κ1) is 17.1. The zero-order valence-electron chi connectivity index (χ0n) is 12.4. The molecule has 1 aromatic carbocycles. The number of aryl methyl sites for hydroxylation is 1. The molecular formula is C16H23FN2. The van der Waals surface area contributed by atoms with Crippen LogP contribution in [0.1, 0.15) is 38.8 Å². The molecule has 1 heterocycles. The van der Waals surface area contributed by atoms with E-state index in [4.69, 9.17) is 5.73 Å². The summed E-state index contributed by atoms with van der Waals surface area (Å²) >= 11 is 0. The molecule has 2 N–H and O–H groups in total. The summed E-state index contributed by atoms with van der Waals surface area (Å²) < 4.78 is 13.5. The van der Waals surface area contributed by atoms with Crippen molar-refractivity contribution in [3.05, 3.63) is 41.7 Å². The van der Waals surface area contributed by atoms with Gasteiger partial charge in [-0.2, -0.15) is 0 Å². The average molecular weight is 262 g/mol. The van der Waals surface area contributed by atoms with Crippen LogP contribution in [0.15, 0.2) is 24.8 Å². The Kier molecular flexibility index (Phi) is 7.42. The van der Waals surface area contributed by atoms with Crippen LogP contribution in [0.3, 0.4) is 0 Å². The number of hydrogen-bond donors (Lipinski definition) is 1. The van der Waals surface area contributed by atoms with Gasteiger partial charge >= 0.3 is 0 Å². The lowest BCUT2D eigenvalue weighted by Crippen LogP contribution is -1.95. The van der Waals surface area contributed by atoms with Gasteiger partial charge in [0.05, 0.1) is 5.52 Å². The summed E-state index contributed by atoms with van der Waals surface area (Å²) in [4.78, 5) is 4.15. The highest BCUT2D eigenvalue weighted by atomic mass is 19.1. The van der Waals surface area contributed by atoms with Gasteiger partial charge in [0.2, 0.25) is 0 Å². The molecule has 0 radical (unpaired) electrons. The van der Waals surface area contributed by atoms with Gasteiger partial charge in [0.1, 0.15) is 11.6 Å². The number of anilines is 1. The van der Waals surface area contributed by atoms with Crippen molar-refractivity contribution in [2.45, 2.75) is 34.6 Å². The number of halogens is 1. The van der Waals surface area contributed by atoms with Gasteiger partial charge in [-0.3, -0.25) is 0 Å². The Morgan fingerprint density at radius 2 is 1.79 bits per heavy atom. The lowest BCUT2D eigenvalue weighted by atomic mass is 10.0. The highest BCUT2D eigenvalue weighted by Crippen LogP contribution is 2.25. The number of hydrogen-bond acceptors (Lipinski definition) is 2. The van der Waals surface area contributed by atoms with E-state index in [2.05, 4.69) is 11.6 Å². The molecular weight excluding hydrogens is 239 g/mol. The number of aromatic nitrogens is 1. The van der Waals surface area contributed by atoms with E-state index in [1.807, 2.05) is 34.6 Å². The summed E-state index contributed by atoms with van der Waals surface area (Å²) in [5.41, 5.74) is 7.71. The lowest BCUT2D eigenvalue weighted by Gasteiger charge is -2.07. The predicted molar refractivity (Wildman–Crippen MR) is 83.6 cm³/mol. The van der Waals surface area contributed by atoms with Crippen LogP contribution in [-0.4, -0.2) is 4.98 Å². The van der Waals surface area contributed by atoms with Crippen LogP contribution in [0.25, 0.3) is 17.0 Å². The van der Waals surface area contributed by atoms with E-state index in [1.54, 1.807) is 12.1 Å². The van der Waals surface area contributed by atoms with E-state index in [0.717, 1.165) is 10.9 Å². The Bertz CT molecular complexity index is 548. The fourth-order valence-corrected chi connectivity index (χ4v) is 1.76. The van der Waals surface area contributed by atoms with Crippen LogP contribution in [0, 0.1) is 12.7 Å². The van der Waals surface area contributed by atoms with Gasteiger partial charge in [0.25, 0.3) is 0 Å². The van der Waals surface area contributed by atoms with Crippen molar-refractivity contribution in [1.82, 2.24) is 4.98 Å². The van der Waals surface area contributed by atoms with Crippen molar-refractivity contribution in [3.63, 3.8) is 0 Å². The van der Waals surface area contributed by atoms with Crippen molar-refractivity contribution >= 4 is 22.8 Å². The van der Waals surface area contributed by atoms with Crippen molar-refractivity contribution in [2.75, 3.05) is 5.73 Å². The topological polar surface area (TPSA) is 38.9 Å². The first-order valence-corrected chi connectivity index (χ1v) is 6.61. The van der Waals surface area contributed by atoms with Gasteiger partial charge in [-0.05, 0) is 30.7 Å². The van der Waals surface area contributed by atoms with Crippen LogP contribution in [-0.2, 0) is 0 Å². The van der Waals surface area contributed by atoms with Crippen molar-refractivity contribution < 1.29 is 4.39 Å². The number of nitrogens with zero attached hydrogens (tertiary/aromatic N) is 1. The van der Waals surface area contributed by atoms with Gasteiger partial charge < -0.3 is 5.73 Å². The van der Waals surface area contributed by atoms with E-state index >= 15 is 0 Å². The maximum Gasteiger partial charge on any atom is 0.131 e. The van der Waals surface area contributed by atoms with Crippen LogP contribution in [0.4, 0.5) is 10.2 Å². The Balaban J connectivity index is 0.000000741. The van der Waals surface area contributed by atoms with E-state index in [0.29, 0.717) is 16.9 Å². The first-order chi connectivity index (χ1) is 9.13. The second-order valence-corrected chi connectivity index (χ2v) is 3.42. The number of benzene rings is 1. The fourth-order valence-electron chi connectivity index (χ4n) is 1.76. The molecule has 2 nitrogen and oxygen atoms in total. The quantitative estimate of drug-likeness (QED) is 0.788. The van der Waals surface area contributed by atoms with Crippen molar-refractivity contribution in [3.8, 4) is 0 Å². The molecule has 0 fully saturated rings. The molecule has 19 heavy (non-hydrogen) atoms. The number of rotatable bonds is 1. The van der Waals surface area contributed by atoms with Crippen molar-refractivity contribution in [2.24, 2.45) is 0 Å². The van der Waals surface area contributed by atoms with Gasteiger partial charge in [-0.1, -0.05) is 40.3 Å². The van der Waals surface area contributed by atoms with Crippen LogP contribution in [0.5, 0.6) is 0 Å². The predicted octanol–water partition coefficient (Wildman–Crippen LogP) is 4.96. The fraction of sp³-hybridized carbons (Fsp3) is 0.312. The van der Waals surface area contributed by atoms with Gasteiger partial charge in [-0.15, -0.1) is 0 Å². The number of nitrogen functional groups attached to an aromatic ring is 1. The summed E-state index contributed by atoms with van der Waals surface area (Å²) in [5.74, 6) is 0.161. The lowest BCUT2D eigenvalue weighted by molar-refractivity contribution is 0.627. The van der Waals surface area contributed by atoms with E-state index in [-0.39, 0.29) is 5.82 Å². The second-order valence-electron chi connectivity index (χ2n) is 3.42. The molecule has 0 atom stereocenters. The van der Waals surface area contributed by atoms with E-state index in [9.17, 15) is 4.39 Å². The standard InChI is InChI=1S/C12H11FN2.2C2H6/c1-3-8-9(13)4-5-10-12(8)7(2)6-11(14)15-10;2*1-2/h3-6H,1H2,2H3,(H2,14,15);2*1-2H3. The molecule has 2 rings (SSSR count). The molecule has 0 aliphatic carbocycles. The monoisotopic (exact) mass is 262 g/mol. The highest BCUT2D eigenvalue weighted by molar-refractivity contribution is 5.91. The summed E-state index contributed by atoms with van der Waals surface area (Å²) in [6, 6.07) is 4.74. The third-order valence-corrected chi connectivity index (χ3v) is 2.38. The molecule has 0 amide bonds. The maximum atomic E-state index is 13.5. The zero-order chi connectivity index (χ0) is 15.0. The number of pyridine rings is 1. The van der Waals surface area contributed by atoms with Crippen LogP contribution < -0.4 is 5.73 Å². The molecule has 0 aliphatic rings. The SMILES string of the molecule is C=Cc1c(F)ccc2nc(N)cc(C)c12.CC.CC. The average Bonchev–Trinajstić information content (AvgIpc) is 2.43. The summed E-state index contributed by atoms with van der Waals surface area (Å²) in [6.45, 7) is 13.5. The molecule has 0 bridgehead atoms. The third-order valence-electron chi connectivity index (χ3n) is 2.38. The molecule has 2 aromatic rings. The Morgan fingerprint density at radius 3 is 2.32 bits per heavy atom. The minimum atomic E-state index is -0.285. The number of nitrogens with two attached hydrogens (primary N) is 1. The zero-order valence-corrected chi connectivity index (χ0v) is 12.4. The molecule has 0 saturated heterocycles. The molecule has 3 heteroatoms. The Hall–Kier alpha value is -1.90. The smallest absolute Gasteiger partial charge is 0.131 e. The molecule has 1 aromatic heterocycles. The summed E-state index contributed by atoms with van der Waals surface area (Å²) in [6.07, 6.45) is 1.50. The van der Waals surface area contributed by atoms with Gasteiger partial charge in [0.15, 0.2) is 0 Å². The Morgan fingerprint density at radius 1 is 1.21 bits per heavy atom. The van der Waals surface area contributed by atoms with Crippen molar-refractivity contribution in [1.29, 1.82) is 0 Å².